The minimum Gasteiger partial charge on any atom is -0.479 e. The highest BCUT2D eigenvalue weighted by Gasteiger charge is 2.30. The van der Waals surface area contributed by atoms with E-state index >= 15 is 0 Å². The molecule has 1 unspecified atom stereocenters. The van der Waals surface area contributed by atoms with Gasteiger partial charge in [0.1, 0.15) is 0 Å². The summed E-state index contributed by atoms with van der Waals surface area (Å²) in [5, 5.41) is 9.07. The summed E-state index contributed by atoms with van der Waals surface area (Å²) in [5.74, 6) is -0.685. The Labute approximate surface area is 247 Å². The maximum atomic E-state index is 12.6. The number of nitrogens with zero attached hydrogens (tertiary/aromatic N) is 3. The van der Waals surface area contributed by atoms with E-state index < -0.39 is 23.7 Å². The Bertz CT molecular complexity index is 1130. The van der Waals surface area contributed by atoms with Gasteiger partial charge in [0, 0.05) is 42.0 Å². The van der Waals surface area contributed by atoms with Crippen molar-refractivity contribution in [3.63, 3.8) is 0 Å². The van der Waals surface area contributed by atoms with Gasteiger partial charge in [0.05, 0.1) is 6.61 Å². The maximum absolute atomic E-state index is 12.6. The molecule has 232 valence electrons. The Kier molecular flexibility index (Phi) is 16.2. The minimum atomic E-state index is -4.33. The number of halogens is 4. The zero-order valence-corrected chi connectivity index (χ0v) is 24.8. The van der Waals surface area contributed by atoms with E-state index in [9.17, 15) is 22.4 Å². The van der Waals surface area contributed by atoms with Crippen molar-refractivity contribution in [2.45, 2.75) is 52.6 Å². The lowest BCUT2D eigenvalue weighted by molar-refractivity contribution is -0.132. The highest BCUT2D eigenvalue weighted by Crippen LogP contribution is 2.28. The maximum Gasteiger partial charge on any atom is 0.412 e. The molecule has 0 saturated carbocycles. The highest BCUT2D eigenvalue weighted by molar-refractivity contribution is 5.86. The molecule has 0 spiro atoms. The summed E-state index contributed by atoms with van der Waals surface area (Å²) in [7, 11) is 0. The number of hydrogen-bond donors (Lipinski definition) is 1. The number of alkyl halides is 3. The molecule has 0 amide bonds. The minimum absolute atomic E-state index is 0.0892. The molecule has 0 bridgehead atoms. The van der Waals surface area contributed by atoms with Gasteiger partial charge in [-0.2, -0.15) is 17.6 Å². The monoisotopic (exact) mass is 593 g/mol. The Morgan fingerprint density at radius 2 is 1.98 bits per heavy atom. The van der Waals surface area contributed by atoms with Gasteiger partial charge in [0.25, 0.3) is 0 Å². The highest BCUT2D eigenvalue weighted by atomic mass is 19.4. The fourth-order valence-electron chi connectivity index (χ4n) is 4.02. The van der Waals surface area contributed by atoms with Gasteiger partial charge in [-0.05, 0) is 83.5 Å². The van der Waals surface area contributed by atoms with E-state index in [0.717, 1.165) is 31.5 Å². The van der Waals surface area contributed by atoms with Crippen molar-refractivity contribution in [1.82, 2.24) is 14.8 Å². The quantitative estimate of drug-likeness (QED) is 0.0785. The predicted molar refractivity (Wildman–Crippen MR) is 159 cm³/mol. The van der Waals surface area contributed by atoms with Crippen molar-refractivity contribution < 1.29 is 32.2 Å². The van der Waals surface area contributed by atoms with Crippen LogP contribution in [0.4, 0.5) is 17.6 Å². The lowest BCUT2D eigenvalue weighted by Gasteiger charge is -2.37. The van der Waals surface area contributed by atoms with E-state index in [0.29, 0.717) is 37.7 Å². The van der Waals surface area contributed by atoms with Crippen molar-refractivity contribution in [3.8, 4) is 0 Å². The van der Waals surface area contributed by atoms with Crippen molar-refractivity contribution in [2.24, 2.45) is 5.92 Å². The number of hydrogen-bond acceptors (Lipinski definition) is 5. The van der Waals surface area contributed by atoms with Gasteiger partial charge in [-0.1, -0.05) is 43.9 Å². The molecule has 1 aliphatic rings. The van der Waals surface area contributed by atoms with E-state index in [-0.39, 0.29) is 17.9 Å². The molecular weight excluding hydrogens is 550 g/mol. The molecule has 1 aliphatic heterocycles. The number of carbonyl (C=O) groups is 1. The van der Waals surface area contributed by atoms with Gasteiger partial charge in [0.15, 0.2) is 5.88 Å². The second-order valence-corrected chi connectivity index (χ2v) is 10.0. The standard InChI is InChI=1S/C27H39F3N2O3.C5H4FN/c1-7-15-31(17-20(3)10-9-11-22(5)27(28,29)30)16-14-24-18-32(23(6)35-19-24)25(8-2)13-12-21(4)26(33)34;6-5-3-1-2-4-7-5/h8,10,12-13,24H,2,5-7,9,11,14-19H2,1,3-4H3,(H,33,34);1-4H/b20-10+,21-12+,25-13+;. The SMILES string of the molecule is C=C/C(=C\C=C(/C)C(=O)O)N1CC(CCN(CCC)C/C(C)=C/CCC(=C)C(F)(F)F)COC1=C.Fc1ccccn1. The van der Waals surface area contributed by atoms with Crippen molar-refractivity contribution in [1.29, 1.82) is 0 Å². The molecule has 0 aliphatic carbocycles. The first kappa shape index (κ1) is 36.4. The van der Waals surface area contributed by atoms with Crippen molar-refractivity contribution in [2.75, 3.05) is 32.8 Å². The molecule has 1 N–H and O–H groups in total. The molecule has 0 radical (unpaired) electrons. The smallest absolute Gasteiger partial charge is 0.412 e. The first-order valence-electron chi connectivity index (χ1n) is 13.8. The van der Waals surface area contributed by atoms with E-state index in [1.165, 1.54) is 25.3 Å². The first-order chi connectivity index (χ1) is 19.8. The van der Waals surface area contributed by atoms with Crippen LogP contribution in [-0.2, 0) is 9.53 Å². The van der Waals surface area contributed by atoms with Crippen LogP contribution < -0.4 is 0 Å². The summed E-state index contributed by atoms with van der Waals surface area (Å²) in [4.78, 5) is 18.6. The Hall–Kier alpha value is -3.66. The third kappa shape index (κ3) is 14.3. The molecule has 1 aromatic heterocycles. The third-order valence-electron chi connectivity index (χ3n) is 6.42. The molecule has 42 heavy (non-hydrogen) atoms. The fraction of sp³-hybridized carbons (Fsp3) is 0.438. The number of aliphatic carboxylic acids is 1. The zero-order chi connectivity index (χ0) is 31.7. The second kappa shape index (κ2) is 18.7. The number of carboxylic acids is 1. The van der Waals surface area contributed by atoms with Crippen molar-refractivity contribution >= 4 is 5.97 Å². The molecule has 0 aromatic carbocycles. The van der Waals surface area contributed by atoms with Gasteiger partial charge in [-0.3, -0.25) is 4.90 Å². The molecule has 1 atom stereocenters. The Balaban J connectivity index is 0.00000109. The number of aromatic nitrogens is 1. The van der Waals surface area contributed by atoms with Gasteiger partial charge in [-0.25, -0.2) is 9.78 Å². The molecule has 6 nitrogen and oxygen atoms in total. The molecule has 2 rings (SSSR count). The molecule has 10 heteroatoms. The average Bonchev–Trinajstić information content (AvgIpc) is 2.93. The Morgan fingerprint density at radius 3 is 2.50 bits per heavy atom. The molecular formula is C32H43F4N3O3. The number of rotatable bonds is 14. The van der Waals surface area contributed by atoms with Gasteiger partial charge in [0.2, 0.25) is 5.95 Å². The summed E-state index contributed by atoms with van der Waals surface area (Å²) >= 11 is 0. The van der Waals surface area contributed by atoms with Gasteiger partial charge < -0.3 is 14.7 Å². The Morgan fingerprint density at radius 1 is 1.26 bits per heavy atom. The van der Waals surface area contributed by atoms with E-state index in [2.05, 4.69) is 36.5 Å². The molecule has 2 heterocycles. The summed E-state index contributed by atoms with van der Waals surface area (Å²) in [6, 6.07) is 4.57. The van der Waals surface area contributed by atoms with E-state index in [1.54, 1.807) is 24.3 Å². The zero-order valence-electron chi connectivity index (χ0n) is 24.8. The van der Waals surface area contributed by atoms with Crippen LogP contribution in [0.1, 0.15) is 46.5 Å². The topological polar surface area (TPSA) is 65.9 Å². The average molecular weight is 594 g/mol. The number of ether oxygens (including phenoxy) is 1. The second-order valence-electron chi connectivity index (χ2n) is 10.0. The fourth-order valence-corrected chi connectivity index (χ4v) is 4.02. The number of carboxylic acid groups (broad SMARTS) is 1. The molecule has 1 saturated heterocycles. The van der Waals surface area contributed by atoms with E-state index in [1.807, 2.05) is 17.9 Å². The summed E-state index contributed by atoms with van der Waals surface area (Å²) < 4.78 is 55.4. The molecule has 1 aromatic rings. The largest absolute Gasteiger partial charge is 0.479 e. The van der Waals surface area contributed by atoms with Crippen LogP contribution in [0.5, 0.6) is 0 Å². The van der Waals surface area contributed by atoms with Crippen LogP contribution >= 0.6 is 0 Å². The van der Waals surface area contributed by atoms with Crippen LogP contribution in [0.2, 0.25) is 0 Å². The summed E-state index contributed by atoms with van der Waals surface area (Å²) in [5.41, 5.74) is 1.27. The summed E-state index contributed by atoms with van der Waals surface area (Å²) in [6.45, 7) is 20.1. The number of pyridine rings is 1. The first-order valence-corrected chi connectivity index (χ1v) is 13.8. The van der Waals surface area contributed by atoms with Crippen LogP contribution in [-0.4, -0.2) is 64.8 Å². The third-order valence-corrected chi connectivity index (χ3v) is 6.42. The lowest BCUT2D eigenvalue weighted by Crippen LogP contribution is -2.38. The molecule has 1 fully saturated rings. The van der Waals surface area contributed by atoms with Crippen LogP contribution in [0.15, 0.2) is 96.7 Å². The van der Waals surface area contributed by atoms with E-state index in [4.69, 9.17) is 9.84 Å². The van der Waals surface area contributed by atoms with Crippen LogP contribution in [0.3, 0.4) is 0 Å². The van der Waals surface area contributed by atoms with Gasteiger partial charge >= 0.3 is 12.1 Å². The number of allylic oxidation sites excluding steroid dienone is 5. The van der Waals surface area contributed by atoms with Crippen LogP contribution in [0.25, 0.3) is 0 Å². The lowest BCUT2D eigenvalue weighted by atomic mass is 10.0. The van der Waals surface area contributed by atoms with Crippen LogP contribution in [0, 0.1) is 11.9 Å². The van der Waals surface area contributed by atoms with Crippen molar-refractivity contribution in [3.05, 3.63) is 103 Å². The normalized spacial score (nSPS) is 16.5. The summed E-state index contributed by atoms with van der Waals surface area (Å²) in [6.07, 6.45) is 5.89. The predicted octanol–water partition coefficient (Wildman–Crippen LogP) is 7.67. The van der Waals surface area contributed by atoms with Gasteiger partial charge in [-0.15, -0.1) is 0 Å².